The van der Waals surface area contributed by atoms with E-state index in [0.29, 0.717) is 18.7 Å². The maximum Gasteiger partial charge on any atom is 0.305 e. The lowest BCUT2D eigenvalue weighted by Crippen LogP contribution is -2.48. The Morgan fingerprint density at radius 2 is 2.24 bits per heavy atom. The van der Waals surface area contributed by atoms with Crippen molar-refractivity contribution in [2.45, 2.75) is 38.3 Å². The van der Waals surface area contributed by atoms with Gasteiger partial charge in [0.15, 0.2) is 6.10 Å². The van der Waals surface area contributed by atoms with Crippen molar-refractivity contribution in [2.75, 3.05) is 11.9 Å². The first-order valence-corrected chi connectivity index (χ1v) is 7.12. The summed E-state index contributed by atoms with van der Waals surface area (Å²) in [6.45, 7) is 2.32. The zero-order valence-electron chi connectivity index (χ0n) is 12.0. The van der Waals surface area contributed by atoms with Gasteiger partial charge < -0.3 is 20.5 Å². The zero-order valence-corrected chi connectivity index (χ0v) is 12.0. The van der Waals surface area contributed by atoms with Crippen LogP contribution in [0.15, 0.2) is 24.3 Å². The molecule has 0 radical (unpaired) electrons. The van der Waals surface area contributed by atoms with Crippen molar-refractivity contribution in [1.29, 1.82) is 0 Å². The Bertz CT molecular complexity index is 518. The number of carbonyl (C=O) groups excluding carboxylic acids is 1. The van der Waals surface area contributed by atoms with Crippen LogP contribution in [0.25, 0.3) is 0 Å². The van der Waals surface area contributed by atoms with E-state index in [1.165, 1.54) is 0 Å². The number of benzene rings is 1. The number of fused-ring (bicyclic) bond motifs is 1. The van der Waals surface area contributed by atoms with Crippen LogP contribution in [0.5, 0.6) is 5.75 Å². The normalized spacial score (nSPS) is 17.9. The Morgan fingerprint density at radius 1 is 1.48 bits per heavy atom. The molecule has 2 atom stereocenters. The molecule has 0 spiro atoms. The topological polar surface area (TPSA) is 87.7 Å². The van der Waals surface area contributed by atoms with Crippen molar-refractivity contribution in [3.8, 4) is 5.75 Å². The summed E-state index contributed by atoms with van der Waals surface area (Å²) in [5.74, 6) is -0.562. The van der Waals surface area contributed by atoms with Gasteiger partial charge in [-0.05, 0) is 18.6 Å². The van der Waals surface area contributed by atoms with E-state index in [-0.39, 0.29) is 18.4 Å². The zero-order chi connectivity index (χ0) is 15.2. The molecule has 0 bridgehead atoms. The lowest BCUT2D eigenvalue weighted by molar-refractivity contribution is -0.138. The largest absolute Gasteiger partial charge is 0.481 e. The highest BCUT2D eigenvalue weighted by Crippen LogP contribution is 2.28. The number of anilines is 1. The van der Waals surface area contributed by atoms with Crippen LogP contribution in [0.1, 0.15) is 26.2 Å². The van der Waals surface area contributed by atoms with Crippen LogP contribution in [0.3, 0.4) is 0 Å². The highest BCUT2D eigenvalue weighted by atomic mass is 16.5. The monoisotopic (exact) mass is 292 g/mol. The lowest BCUT2D eigenvalue weighted by atomic mass is 10.1. The highest BCUT2D eigenvalue weighted by Gasteiger charge is 2.27. The SMILES string of the molecule is CCCC(CC(=O)O)NC(=O)C1CNc2ccccc2O1. The van der Waals surface area contributed by atoms with Crippen molar-refractivity contribution in [2.24, 2.45) is 0 Å². The Balaban J connectivity index is 1.95. The second-order valence-corrected chi connectivity index (χ2v) is 5.08. The van der Waals surface area contributed by atoms with Crippen LogP contribution in [0.2, 0.25) is 0 Å². The molecule has 3 N–H and O–H groups in total. The molecule has 0 fully saturated rings. The predicted octanol–water partition coefficient (Wildman–Crippen LogP) is 1.62. The molecule has 1 aliphatic heterocycles. The quantitative estimate of drug-likeness (QED) is 0.741. The van der Waals surface area contributed by atoms with E-state index in [1.807, 2.05) is 25.1 Å². The minimum atomic E-state index is -0.915. The van der Waals surface area contributed by atoms with E-state index in [1.54, 1.807) is 6.07 Å². The number of para-hydroxylation sites is 2. The smallest absolute Gasteiger partial charge is 0.305 e. The van der Waals surface area contributed by atoms with Gasteiger partial charge >= 0.3 is 5.97 Å². The Hall–Kier alpha value is -2.24. The van der Waals surface area contributed by atoms with E-state index < -0.39 is 12.1 Å². The fourth-order valence-corrected chi connectivity index (χ4v) is 2.34. The van der Waals surface area contributed by atoms with Gasteiger partial charge in [-0.2, -0.15) is 0 Å². The van der Waals surface area contributed by atoms with Gasteiger partial charge in [-0.3, -0.25) is 9.59 Å². The number of ether oxygens (including phenoxy) is 1. The number of aliphatic carboxylic acids is 1. The van der Waals surface area contributed by atoms with Gasteiger partial charge in [-0.15, -0.1) is 0 Å². The molecule has 1 heterocycles. The number of amides is 1. The molecular weight excluding hydrogens is 272 g/mol. The van der Waals surface area contributed by atoms with Crippen LogP contribution in [-0.4, -0.2) is 35.7 Å². The molecule has 6 heteroatoms. The standard InChI is InChI=1S/C15H20N2O4/c1-2-5-10(8-14(18)19)17-15(20)13-9-16-11-6-3-4-7-12(11)21-13/h3-4,6-7,10,13,16H,2,5,8-9H2,1H3,(H,17,20)(H,18,19). The fourth-order valence-electron chi connectivity index (χ4n) is 2.34. The molecule has 114 valence electrons. The molecule has 0 saturated heterocycles. The van der Waals surface area contributed by atoms with Gasteiger partial charge in [-0.25, -0.2) is 0 Å². The summed E-state index contributed by atoms with van der Waals surface area (Å²) in [6.07, 6.45) is 0.726. The van der Waals surface area contributed by atoms with Gasteiger partial charge in [0, 0.05) is 6.04 Å². The molecule has 2 unspecified atom stereocenters. The van der Waals surface area contributed by atoms with Crippen LogP contribution in [0, 0.1) is 0 Å². The molecule has 1 aromatic carbocycles. The molecule has 6 nitrogen and oxygen atoms in total. The van der Waals surface area contributed by atoms with E-state index >= 15 is 0 Å². The van der Waals surface area contributed by atoms with Crippen LogP contribution < -0.4 is 15.4 Å². The van der Waals surface area contributed by atoms with Crippen molar-refractivity contribution >= 4 is 17.6 Å². The summed E-state index contributed by atoms with van der Waals surface area (Å²) in [5.41, 5.74) is 0.859. The summed E-state index contributed by atoms with van der Waals surface area (Å²) >= 11 is 0. The lowest BCUT2D eigenvalue weighted by Gasteiger charge is -2.28. The van der Waals surface area contributed by atoms with E-state index in [0.717, 1.165) is 12.1 Å². The molecule has 1 amide bonds. The molecule has 0 aromatic heterocycles. The maximum absolute atomic E-state index is 12.2. The number of carboxylic acid groups (broad SMARTS) is 1. The molecule has 2 rings (SSSR count). The van der Waals surface area contributed by atoms with Crippen LogP contribution in [-0.2, 0) is 9.59 Å². The van der Waals surface area contributed by atoms with Gasteiger partial charge in [0.2, 0.25) is 0 Å². The first-order valence-electron chi connectivity index (χ1n) is 7.12. The van der Waals surface area contributed by atoms with E-state index in [9.17, 15) is 9.59 Å². The summed E-state index contributed by atoms with van der Waals surface area (Å²) in [5, 5.41) is 14.8. The van der Waals surface area contributed by atoms with Gasteiger partial charge in [-0.1, -0.05) is 25.5 Å². The number of hydrogen-bond acceptors (Lipinski definition) is 4. The summed E-state index contributed by atoms with van der Waals surface area (Å²) in [4.78, 5) is 23.0. The van der Waals surface area contributed by atoms with Crippen LogP contribution >= 0.6 is 0 Å². The van der Waals surface area contributed by atoms with Crippen molar-refractivity contribution in [3.05, 3.63) is 24.3 Å². The number of hydrogen-bond donors (Lipinski definition) is 3. The molecule has 0 aliphatic carbocycles. The van der Waals surface area contributed by atoms with Crippen molar-refractivity contribution < 1.29 is 19.4 Å². The second kappa shape index (κ2) is 6.97. The van der Waals surface area contributed by atoms with Crippen LogP contribution in [0.4, 0.5) is 5.69 Å². The van der Waals surface area contributed by atoms with Gasteiger partial charge in [0.1, 0.15) is 5.75 Å². The third-order valence-corrected chi connectivity index (χ3v) is 3.33. The Morgan fingerprint density at radius 3 is 2.95 bits per heavy atom. The van der Waals surface area contributed by atoms with Crippen molar-refractivity contribution in [3.63, 3.8) is 0 Å². The maximum atomic E-state index is 12.2. The first kappa shape index (κ1) is 15.2. The minimum absolute atomic E-state index is 0.0731. The third kappa shape index (κ3) is 4.11. The first-order chi connectivity index (χ1) is 10.1. The molecule has 1 aliphatic rings. The summed E-state index contributed by atoms with van der Waals surface area (Å²) in [6, 6.07) is 7.04. The minimum Gasteiger partial charge on any atom is -0.481 e. The van der Waals surface area contributed by atoms with Crippen molar-refractivity contribution in [1.82, 2.24) is 5.32 Å². The molecule has 21 heavy (non-hydrogen) atoms. The highest BCUT2D eigenvalue weighted by molar-refractivity contribution is 5.83. The molecular formula is C15H20N2O4. The number of nitrogens with one attached hydrogen (secondary N) is 2. The average molecular weight is 292 g/mol. The predicted molar refractivity (Wildman–Crippen MR) is 78.4 cm³/mol. The van der Waals surface area contributed by atoms with E-state index in [4.69, 9.17) is 9.84 Å². The number of carbonyl (C=O) groups is 2. The number of rotatable bonds is 6. The third-order valence-electron chi connectivity index (χ3n) is 3.33. The summed E-state index contributed by atoms with van der Waals surface area (Å²) < 4.78 is 5.66. The molecule has 1 aromatic rings. The summed E-state index contributed by atoms with van der Waals surface area (Å²) in [7, 11) is 0. The Labute approximate surface area is 123 Å². The molecule has 0 saturated carbocycles. The number of carboxylic acids is 1. The second-order valence-electron chi connectivity index (χ2n) is 5.08. The fraction of sp³-hybridized carbons (Fsp3) is 0.467. The van der Waals surface area contributed by atoms with E-state index in [2.05, 4.69) is 10.6 Å². The average Bonchev–Trinajstić information content (AvgIpc) is 2.46. The van der Waals surface area contributed by atoms with Gasteiger partial charge in [0.05, 0.1) is 18.7 Å². The Kier molecular flexibility index (Phi) is 5.03. The van der Waals surface area contributed by atoms with Gasteiger partial charge in [0.25, 0.3) is 5.91 Å².